The first-order valence-electron chi connectivity index (χ1n) is 6.71. The van der Waals surface area contributed by atoms with E-state index in [9.17, 15) is 4.79 Å². The van der Waals surface area contributed by atoms with E-state index in [4.69, 9.17) is 10.5 Å². The van der Waals surface area contributed by atoms with Gasteiger partial charge in [0.2, 0.25) is 5.91 Å². The second kappa shape index (κ2) is 5.36. The first kappa shape index (κ1) is 12.8. The molecule has 2 rings (SSSR count). The average molecular weight is 240 g/mol. The number of ether oxygens (including phenoxy) is 1. The Morgan fingerprint density at radius 3 is 2.53 bits per heavy atom. The van der Waals surface area contributed by atoms with E-state index in [2.05, 4.69) is 4.90 Å². The van der Waals surface area contributed by atoms with Gasteiger partial charge in [-0.3, -0.25) is 4.79 Å². The molecule has 0 radical (unpaired) electrons. The Bertz CT molecular complexity index is 269. The van der Waals surface area contributed by atoms with Crippen LogP contribution in [0.5, 0.6) is 0 Å². The van der Waals surface area contributed by atoms with Crippen molar-refractivity contribution in [2.45, 2.75) is 69.7 Å². The lowest BCUT2D eigenvalue weighted by molar-refractivity contribution is -0.136. The topological polar surface area (TPSA) is 55.6 Å². The van der Waals surface area contributed by atoms with Crippen molar-refractivity contribution < 1.29 is 9.53 Å². The minimum atomic E-state index is 0.170. The first-order valence-corrected chi connectivity index (χ1v) is 6.71. The summed E-state index contributed by atoms with van der Waals surface area (Å²) in [5.41, 5.74) is 6.00. The largest absolute Gasteiger partial charge is 0.382 e. The van der Waals surface area contributed by atoms with E-state index >= 15 is 0 Å². The Kier molecular flexibility index (Phi) is 4.05. The van der Waals surface area contributed by atoms with Gasteiger partial charge in [0.25, 0.3) is 0 Å². The van der Waals surface area contributed by atoms with Crippen LogP contribution in [0.3, 0.4) is 0 Å². The fraction of sp³-hybridized carbons (Fsp3) is 0.923. The minimum absolute atomic E-state index is 0.170. The molecule has 0 spiro atoms. The Morgan fingerprint density at radius 1 is 1.41 bits per heavy atom. The van der Waals surface area contributed by atoms with Crippen molar-refractivity contribution in [3.05, 3.63) is 0 Å². The summed E-state index contributed by atoms with van der Waals surface area (Å²) in [6.45, 7) is 2.01. The average Bonchev–Trinajstić information content (AvgIpc) is 2.58. The van der Waals surface area contributed by atoms with Gasteiger partial charge in [0.05, 0.1) is 6.10 Å². The summed E-state index contributed by atoms with van der Waals surface area (Å²) in [5.74, 6) is 0.299. The molecule has 4 heteroatoms. The maximum absolute atomic E-state index is 12.2. The zero-order valence-corrected chi connectivity index (χ0v) is 10.9. The van der Waals surface area contributed by atoms with Gasteiger partial charge >= 0.3 is 0 Å². The van der Waals surface area contributed by atoms with Gasteiger partial charge in [0.1, 0.15) is 0 Å². The van der Waals surface area contributed by atoms with Crippen molar-refractivity contribution in [3.8, 4) is 0 Å². The molecule has 3 atom stereocenters. The molecule has 17 heavy (non-hydrogen) atoms. The predicted molar refractivity (Wildman–Crippen MR) is 66.6 cm³/mol. The van der Waals surface area contributed by atoms with Crippen LogP contribution in [0.15, 0.2) is 0 Å². The molecule has 0 saturated carbocycles. The number of nitrogens with zero attached hydrogens (tertiary/aromatic N) is 1. The van der Waals surface area contributed by atoms with Crippen LogP contribution in [0, 0.1) is 0 Å². The monoisotopic (exact) mass is 240 g/mol. The van der Waals surface area contributed by atoms with Crippen molar-refractivity contribution in [1.29, 1.82) is 0 Å². The minimum Gasteiger partial charge on any atom is -0.382 e. The van der Waals surface area contributed by atoms with E-state index in [1.165, 1.54) is 0 Å². The number of methoxy groups -OCH3 is 1. The third-order valence-corrected chi connectivity index (χ3v) is 4.22. The molecular weight excluding hydrogens is 216 g/mol. The zero-order valence-electron chi connectivity index (χ0n) is 10.9. The number of hydrogen-bond acceptors (Lipinski definition) is 3. The fourth-order valence-electron chi connectivity index (χ4n) is 3.20. The normalized spacial score (nSPS) is 33.8. The molecule has 2 heterocycles. The van der Waals surface area contributed by atoms with Gasteiger partial charge in [-0.2, -0.15) is 0 Å². The summed E-state index contributed by atoms with van der Waals surface area (Å²) in [6, 6.07) is 1.12. The summed E-state index contributed by atoms with van der Waals surface area (Å²) < 4.78 is 5.18. The van der Waals surface area contributed by atoms with Crippen LogP contribution in [0.2, 0.25) is 0 Å². The molecule has 2 saturated heterocycles. The number of fused-ring (bicyclic) bond motifs is 2. The highest BCUT2D eigenvalue weighted by molar-refractivity contribution is 5.77. The third kappa shape index (κ3) is 2.80. The molecule has 0 aromatic heterocycles. The lowest BCUT2D eigenvalue weighted by Crippen LogP contribution is -2.50. The number of amides is 1. The lowest BCUT2D eigenvalue weighted by Gasteiger charge is -2.38. The van der Waals surface area contributed by atoms with E-state index in [0.29, 0.717) is 30.5 Å². The number of hydrogen-bond donors (Lipinski definition) is 1. The molecule has 4 nitrogen and oxygen atoms in total. The Labute approximate surface area is 103 Å². The van der Waals surface area contributed by atoms with Crippen LogP contribution in [0.4, 0.5) is 0 Å². The smallest absolute Gasteiger partial charge is 0.223 e. The molecule has 2 aliphatic rings. The predicted octanol–water partition coefficient (Wildman–Crippen LogP) is 1.28. The maximum Gasteiger partial charge on any atom is 0.223 e. The number of carbonyl (C=O) groups excluding carboxylic acids is 1. The van der Waals surface area contributed by atoms with Gasteiger partial charge in [-0.1, -0.05) is 0 Å². The molecule has 98 valence electrons. The van der Waals surface area contributed by atoms with Crippen molar-refractivity contribution in [2.75, 3.05) is 7.11 Å². The number of carbonyl (C=O) groups is 1. The molecule has 1 amide bonds. The maximum atomic E-state index is 12.2. The molecule has 2 N–H and O–H groups in total. The SMILES string of the molecule is COC(C)CCC(=O)N1C2CCC1CC(N)C2. The van der Waals surface area contributed by atoms with Crippen LogP contribution in [0.1, 0.15) is 45.4 Å². The van der Waals surface area contributed by atoms with Crippen molar-refractivity contribution in [1.82, 2.24) is 4.90 Å². The Balaban J connectivity index is 1.88. The molecule has 0 aromatic carbocycles. The van der Waals surface area contributed by atoms with Crippen molar-refractivity contribution in [2.24, 2.45) is 5.73 Å². The van der Waals surface area contributed by atoms with Gasteiger partial charge in [-0.15, -0.1) is 0 Å². The molecule has 2 aliphatic heterocycles. The lowest BCUT2D eigenvalue weighted by atomic mass is 9.97. The van der Waals surface area contributed by atoms with E-state index in [1.807, 2.05) is 6.92 Å². The Morgan fingerprint density at radius 2 is 2.00 bits per heavy atom. The van der Waals surface area contributed by atoms with Gasteiger partial charge in [-0.05, 0) is 39.0 Å². The number of piperidine rings is 1. The van der Waals surface area contributed by atoms with Gasteiger partial charge < -0.3 is 15.4 Å². The van der Waals surface area contributed by atoms with E-state index in [1.54, 1.807) is 7.11 Å². The quantitative estimate of drug-likeness (QED) is 0.805. The second-order valence-corrected chi connectivity index (χ2v) is 5.50. The van der Waals surface area contributed by atoms with Crippen LogP contribution in [-0.2, 0) is 9.53 Å². The zero-order chi connectivity index (χ0) is 12.4. The van der Waals surface area contributed by atoms with Crippen LogP contribution >= 0.6 is 0 Å². The first-order chi connectivity index (χ1) is 8.11. The Hall–Kier alpha value is -0.610. The highest BCUT2D eigenvalue weighted by Gasteiger charge is 2.41. The van der Waals surface area contributed by atoms with Gasteiger partial charge in [-0.25, -0.2) is 0 Å². The van der Waals surface area contributed by atoms with E-state index in [0.717, 1.165) is 32.1 Å². The van der Waals surface area contributed by atoms with Crippen LogP contribution in [0.25, 0.3) is 0 Å². The summed E-state index contributed by atoms with van der Waals surface area (Å²) in [6.07, 6.45) is 5.86. The summed E-state index contributed by atoms with van der Waals surface area (Å²) in [5, 5.41) is 0. The molecule has 2 fully saturated rings. The molecule has 0 aliphatic carbocycles. The number of rotatable bonds is 4. The molecule has 0 aromatic rings. The summed E-state index contributed by atoms with van der Waals surface area (Å²) >= 11 is 0. The summed E-state index contributed by atoms with van der Waals surface area (Å²) in [4.78, 5) is 14.3. The highest BCUT2D eigenvalue weighted by atomic mass is 16.5. The van der Waals surface area contributed by atoms with Gasteiger partial charge in [0.15, 0.2) is 0 Å². The van der Waals surface area contributed by atoms with Crippen molar-refractivity contribution >= 4 is 5.91 Å². The molecule has 3 unspecified atom stereocenters. The van der Waals surface area contributed by atoms with E-state index < -0.39 is 0 Å². The van der Waals surface area contributed by atoms with E-state index in [-0.39, 0.29) is 6.10 Å². The van der Waals surface area contributed by atoms with Gasteiger partial charge in [0, 0.05) is 31.7 Å². The third-order valence-electron chi connectivity index (χ3n) is 4.22. The van der Waals surface area contributed by atoms with Crippen LogP contribution < -0.4 is 5.73 Å². The standard InChI is InChI=1S/C13H24N2O2/c1-9(17-2)3-6-13(16)15-11-4-5-12(15)8-10(14)7-11/h9-12H,3-8,14H2,1-2H3. The second-order valence-electron chi connectivity index (χ2n) is 5.50. The van der Waals surface area contributed by atoms with Crippen molar-refractivity contribution in [3.63, 3.8) is 0 Å². The number of nitrogens with two attached hydrogens (primary N) is 1. The molecular formula is C13H24N2O2. The van der Waals surface area contributed by atoms with Crippen LogP contribution in [-0.4, -0.2) is 42.1 Å². The highest BCUT2D eigenvalue weighted by Crippen LogP contribution is 2.35. The fourth-order valence-corrected chi connectivity index (χ4v) is 3.20. The summed E-state index contributed by atoms with van der Waals surface area (Å²) in [7, 11) is 1.69. The molecule has 2 bridgehead atoms.